The number of nitrogen functional groups attached to an aromatic ring is 1. The highest BCUT2D eigenvalue weighted by molar-refractivity contribution is 7.89. The first-order valence-electron chi connectivity index (χ1n) is 7.22. The second-order valence-corrected chi connectivity index (χ2v) is 7.41. The maximum atomic E-state index is 12.5. The number of hydrogen-bond donors (Lipinski definition) is 3. The number of fused-ring (bicyclic) bond motifs is 1. The van der Waals surface area contributed by atoms with Gasteiger partial charge in [0.15, 0.2) is 0 Å². The van der Waals surface area contributed by atoms with Crippen molar-refractivity contribution in [1.29, 1.82) is 0 Å². The first kappa shape index (κ1) is 15.9. The summed E-state index contributed by atoms with van der Waals surface area (Å²) < 4.78 is 27.8. The van der Waals surface area contributed by atoms with Gasteiger partial charge < -0.3 is 10.7 Å². The lowest BCUT2D eigenvalue weighted by Gasteiger charge is -2.17. The average Bonchev–Trinajstić information content (AvgIpc) is 2.81. The fourth-order valence-corrected chi connectivity index (χ4v) is 3.91. The summed E-state index contributed by atoms with van der Waals surface area (Å²) >= 11 is 0. The Balaban J connectivity index is 2.27. The molecular formula is C15H23N3O2S. The van der Waals surface area contributed by atoms with Crippen LogP contribution < -0.4 is 10.5 Å². The molecule has 2 atom stereocenters. The maximum Gasteiger partial charge on any atom is 0.242 e. The molecule has 0 aliphatic heterocycles. The highest BCUT2D eigenvalue weighted by Crippen LogP contribution is 2.25. The smallest absolute Gasteiger partial charge is 0.242 e. The molecule has 1 heterocycles. The maximum absolute atomic E-state index is 12.5. The highest BCUT2D eigenvalue weighted by atomic mass is 32.2. The number of hydrogen-bond acceptors (Lipinski definition) is 3. The Morgan fingerprint density at radius 2 is 2.05 bits per heavy atom. The fraction of sp³-hybridized carbons (Fsp3) is 0.467. The summed E-state index contributed by atoms with van der Waals surface area (Å²) in [6, 6.07) is 5.11. The summed E-state index contributed by atoms with van der Waals surface area (Å²) in [7, 11) is -3.55. The molecule has 2 unspecified atom stereocenters. The lowest BCUT2D eigenvalue weighted by molar-refractivity contribution is 0.445. The van der Waals surface area contributed by atoms with Crippen LogP contribution in [0.3, 0.4) is 0 Å². The summed E-state index contributed by atoms with van der Waals surface area (Å²) in [6.07, 6.45) is 3.37. The van der Waals surface area contributed by atoms with E-state index >= 15 is 0 Å². The Hall–Kier alpha value is -1.53. The minimum atomic E-state index is -3.55. The first-order valence-corrected chi connectivity index (χ1v) is 8.70. The van der Waals surface area contributed by atoms with Gasteiger partial charge in [-0.25, -0.2) is 13.1 Å². The fourth-order valence-electron chi connectivity index (χ4n) is 2.48. The summed E-state index contributed by atoms with van der Waals surface area (Å²) in [6.45, 7) is 6.12. The van der Waals surface area contributed by atoms with Crippen molar-refractivity contribution in [3.05, 3.63) is 24.4 Å². The van der Waals surface area contributed by atoms with Gasteiger partial charge in [0.2, 0.25) is 10.0 Å². The number of aromatic amines is 1. The number of benzene rings is 1. The lowest BCUT2D eigenvalue weighted by atomic mass is 10.0. The van der Waals surface area contributed by atoms with Crippen molar-refractivity contribution in [3.63, 3.8) is 0 Å². The van der Waals surface area contributed by atoms with E-state index in [0.29, 0.717) is 17.0 Å². The summed E-state index contributed by atoms with van der Waals surface area (Å²) in [5.41, 5.74) is 7.06. The van der Waals surface area contributed by atoms with Gasteiger partial charge in [-0.15, -0.1) is 0 Å². The predicted molar refractivity (Wildman–Crippen MR) is 86.6 cm³/mol. The van der Waals surface area contributed by atoms with Crippen LogP contribution in [0.2, 0.25) is 0 Å². The van der Waals surface area contributed by atoms with Crippen molar-refractivity contribution in [2.45, 2.75) is 44.6 Å². The average molecular weight is 309 g/mol. The number of rotatable bonds is 6. The molecule has 0 bridgehead atoms. The summed E-state index contributed by atoms with van der Waals surface area (Å²) in [4.78, 5) is 3.22. The Bertz CT molecular complexity index is 722. The quantitative estimate of drug-likeness (QED) is 0.717. The second kappa shape index (κ2) is 6.07. The van der Waals surface area contributed by atoms with Crippen molar-refractivity contribution in [3.8, 4) is 0 Å². The van der Waals surface area contributed by atoms with E-state index in [9.17, 15) is 8.42 Å². The zero-order valence-corrected chi connectivity index (χ0v) is 13.5. The number of aromatic nitrogens is 1. The van der Waals surface area contributed by atoms with Gasteiger partial charge in [-0.3, -0.25) is 0 Å². The van der Waals surface area contributed by atoms with Crippen molar-refractivity contribution in [2.75, 3.05) is 5.73 Å². The van der Waals surface area contributed by atoms with Crippen LogP contribution in [0.25, 0.3) is 10.9 Å². The van der Waals surface area contributed by atoms with Crippen LogP contribution in [-0.2, 0) is 10.0 Å². The largest absolute Gasteiger partial charge is 0.399 e. The molecule has 5 nitrogen and oxygen atoms in total. The SMILES string of the molecule is CCC(C)CC(C)NS(=O)(=O)c1c[nH]c2ccc(N)cc12. The second-order valence-electron chi connectivity index (χ2n) is 5.73. The third kappa shape index (κ3) is 3.57. The zero-order valence-electron chi connectivity index (χ0n) is 12.7. The zero-order chi connectivity index (χ0) is 15.6. The van der Waals surface area contributed by atoms with E-state index in [1.807, 2.05) is 6.92 Å². The summed E-state index contributed by atoms with van der Waals surface area (Å²) in [5.74, 6) is 0.487. The van der Waals surface area contributed by atoms with E-state index in [1.54, 1.807) is 18.2 Å². The molecule has 116 valence electrons. The van der Waals surface area contributed by atoms with Crippen molar-refractivity contribution < 1.29 is 8.42 Å². The number of H-pyrrole nitrogens is 1. The molecule has 0 radical (unpaired) electrons. The minimum absolute atomic E-state index is 0.101. The molecule has 0 aliphatic rings. The molecule has 2 rings (SSSR count). The molecule has 1 aromatic carbocycles. The number of nitrogens with two attached hydrogens (primary N) is 1. The van der Waals surface area contributed by atoms with Gasteiger partial charge in [-0.05, 0) is 37.5 Å². The minimum Gasteiger partial charge on any atom is -0.399 e. The molecule has 0 saturated heterocycles. The van der Waals surface area contributed by atoms with Crippen LogP contribution in [-0.4, -0.2) is 19.4 Å². The van der Waals surface area contributed by atoms with Crippen LogP contribution in [0.1, 0.15) is 33.6 Å². The molecule has 0 fully saturated rings. The van der Waals surface area contributed by atoms with Crippen LogP contribution >= 0.6 is 0 Å². The van der Waals surface area contributed by atoms with Crippen molar-refractivity contribution in [2.24, 2.45) is 5.92 Å². The molecule has 4 N–H and O–H groups in total. The van der Waals surface area contributed by atoms with Crippen LogP contribution in [0.4, 0.5) is 5.69 Å². The number of sulfonamides is 1. The van der Waals surface area contributed by atoms with Gasteiger partial charge in [0.05, 0.1) is 0 Å². The molecule has 2 aromatic rings. The van der Waals surface area contributed by atoms with Crippen LogP contribution in [0.5, 0.6) is 0 Å². The molecule has 0 aliphatic carbocycles. The van der Waals surface area contributed by atoms with Gasteiger partial charge >= 0.3 is 0 Å². The lowest BCUT2D eigenvalue weighted by Crippen LogP contribution is -2.33. The summed E-state index contributed by atoms with van der Waals surface area (Å²) in [5, 5.41) is 0.623. The van der Waals surface area contributed by atoms with Crippen LogP contribution in [0, 0.1) is 5.92 Å². The Morgan fingerprint density at radius 1 is 1.33 bits per heavy atom. The highest BCUT2D eigenvalue weighted by Gasteiger charge is 2.22. The number of anilines is 1. The number of nitrogens with one attached hydrogen (secondary N) is 2. The normalized spacial score (nSPS) is 15.2. The Morgan fingerprint density at radius 3 is 2.71 bits per heavy atom. The van der Waals surface area contributed by atoms with E-state index in [4.69, 9.17) is 5.73 Å². The molecule has 0 spiro atoms. The molecule has 21 heavy (non-hydrogen) atoms. The van der Waals surface area contributed by atoms with E-state index in [2.05, 4.69) is 23.6 Å². The third-order valence-electron chi connectivity index (χ3n) is 3.77. The molecule has 0 amide bonds. The standard InChI is InChI=1S/C15H23N3O2S/c1-4-10(2)7-11(3)18-21(19,20)15-9-17-14-6-5-12(16)8-13(14)15/h5-6,8-11,17-18H,4,7,16H2,1-3H3. The van der Waals surface area contributed by atoms with Crippen molar-refractivity contribution >= 4 is 26.6 Å². The van der Waals surface area contributed by atoms with Gasteiger partial charge in [0, 0.05) is 28.8 Å². The van der Waals surface area contributed by atoms with Crippen LogP contribution in [0.15, 0.2) is 29.3 Å². The Labute approximate surface area is 126 Å². The molecule has 1 aromatic heterocycles. The van der Waals surface area contributed by atoms with Gasteiger partial charge in [-0.2, -0.15) is 0 Å². The topological polar surface area (TPSA) is 88.0 Å². The Kier molecular flexibility index (Phi) is 4.58. The molecular weight excluding hydrogens is 286 g/mol. The van der Waals surface area contributed by atoms with Crippen molar-refractivity contribution in [1.82, 2.24) is 9.71 Å². The molecule has 6 heteroatoms. The van der Waals surface area contributed by atoms with Gasteiger partial charge in [-0.1, -0.05) is 20.3 Å². The van der Waals surface area contributed by atoms with Gasteiger partial charge in [0.1, 0.15) is 4.90 Å². The third-order valence-corrected chi connectivity index (χ3v) is 5.40. The molecule has 0 saturated carbocycles. The monoisotopic (exact) mass is 309 g/mol. The van der Waals surface area contributed by atoms with E-state index in [1.165, 1.54) is 6.20 Å². The van der Waals surface area contributed by atoms with E-state index in [-0.39, 0.29) is 10.9 Å². The predicted octanol–water partition coefficient (Wildman–Crippen LogP) is 2.85. The van der Waals surface area contributed by atoms with Gasteiger partial charge in [0.25, 0.3) is 0 Å². The van der Waals surface area contributed by atoms with E-state index in [0.717, 1.165) is 18.4 Å². The first-order chi connectivity index (χ1) is 9.83. The van der Waals surface area contributed by atoms with E-state index < -0.39 is 10.0 Å².